The number of nitrogens with zero attached hydrogens (tertiary/aromatic N) is 1. The molecule has 0 saturated carbocycles. The minimum absolute atomic E-state index is 0.920. The zero-order chi connectivity index (χ0) is 10.8. The predicted octanol–water partition coefficient (Wildman–Crippen LogP) is 4.28. The van der Waals surface area contributed by atoms with Gasteiger partial charge in [-0.1, -0.05) is 30.7 Å². The normalized spacial score (nSPS) is 12.7. The lowest BCUT2D eigenvalue weighted by molar-refractivity contribution is 1.13. The minimum Gasteiger partial charge on any atom is -0.265 e. The number of rotatable bonds is 5. The second-order valence-electron chi connectivity index (χ2n) is 3.39. The Labute approximate surface area is 87.9 Å². The summed E-state index contributed by atoms with van der Waals surface area (Å²) < 4.78 is 0. The number of hydrogen-bond acceptors (Lipinski definition) is 1. The van der Waals surface area contributed by atoms with E-state index in [0.717, 1.165) is 18.5 Å². The van der Waals surface area contributed by atoms with Gasteiger partial charge in [-0.2, -0.15) is 0 Å². The third-order valence-electron chi connectivity index (χ3n) is 1.64. The van der Waals surface area contributed by atoms with Crippen molar-refractivity contribution in [2.24, 2.45) is 4.99 Å². The molecule has 0 bridgehead atoms. The van der Waals surface area contributed by atoms with Crippen LogP contribution in [-0.4, -0.2) is 6.21 Å². The van der Waals surface area contributed by atoms with Gasteiger partial charge in [0.1, 0.15) is 0 Å². The highest BCUT2D eigenvalue weighted by Gasteiger charge is 1.88. The Morgan fingerprint density at radius 3 is 2.50 bits per heavy atom. The molecule has 1 heteroatoms. The van der Waals surface area contributed by atoms with Crippen molar-refractivity contribution in [3.05, 3.63) is 35.6 Å². The zero-order valence-electron chi connectivity index (χ0n) is 9.75. The molecule has 0 fully saturated rings. The first-order chi connectivity index (χ1) is 6.70. The highest BCUT2D eigenvalue weighted by molar-refractivity contribution is 5.58. The molecule has 0 aromatic rings. The molecule has 0 aliphatic carbocycles. The van der Waals surface area contributed by atoms with Crippen molar-refractivity contribution in [2.75, 3.05) is 0 Å². The second kappa shape index (κ2) is 8.49. The van der Waals surface area contributed by atoms with Gasteiger partial charge in [-0.25, -0.2) is 0 Å². The molecule has 0 atom stereocenters. The molecule has 0 rings (SSSR count). The number of hydrogen-bond donors (Lipinski definition) is 0. The van der Waals surface area contributed by atoms with Crippen LogP contribution in [-0.2, 0) is 0 Å². The first-order valence-corrected chi connectivity index (χ1v) is 5.18. The third kappa shape index (κ3) is 7.53. The first-order valence-electron chi connectivity index (χ1n) is 5.18. The predicted molar refractivity (Wildman–Crippen MR) is 65.7 cm³/mol. The number of aliphatic imine (C=N–C) groups is 1. The van der Waals surface area contributed by atoms with Crippen LogP contribution in [0.25, 0.3) is 0 Å². The van der Waals surface area contributed by atoms with Crippen LogP contribution < -0.4 is 0 Å². The average molecular weight is 191 g/mol. The van der Waals surface area contributed by atoms with E-state index in [0.29, 0.717) is 0 Å². The largest absolute Gasteiger partial charge is 0.265 e. The first kappa shape index (κ1) is 12.9. The second-order valence-corrected chi connectivity index (χ2v) is 3.39. The van der Waals surface area contributed by atoms with E-state index >= 15 is 0 Å². The molecule has 0 aromatic heterocycles. The third-order valence-corrected chi connectivity index (χ3v) is 1.64. The van der Waals surface area contributed by atoms with Crippen LogP contribution in [0.3, 0.4) is 0 Å². The highest BCUT2D eigenvalue weighted by Crippen LogP contribution is 2.06. The Morgan fingerprint density at radius 2 is 2.00 bits per heavy atom. The van der Waals surface area contributed by atoms with Gasteiger partial charge in [-0.05, 0) is 33.3 Å². The van der Waals surface area contributed by atoms with Crippen molar-refractivity contribution in [1.29, 1.82) is 0 Å². The Kier molecular flexibility index (Phi) is 7.81. The van der Waals surface area contributed by atoms with Gasteiger partial charge in [0, 0.05) is 18.3 Å². The summed E-state index contributed by atoms with van der Waals surface area (Å²) in [6, 6.07) is 0. The van der Waals surface area contributed by atoms with Gasteiger partial charge in [-0.3, -0.25) is 4.99 Å². The maximum absolute atomic E-state index is 4.39. The van der Waals surface area contributed by atoms with Crippen molar-refractivity contribution in [2.45, 2.75) is 40.5 Å². The Morgan fingerprint density at radius 1 is 1.29 bits per heavy atom. The van der Waals surface area contributed by atoms with Crippen LogP contribution in [0.2, 0.25) is 0 Å². The molecule has 0 spiro atoms. The van der Waals surface area contributed by atoms with E-state index in [1.807, 2.05) is 25.3 Å². The van der Waals surface area contributed by atoms with Crippen molar-refractivity contribution >= 4 is 6.21 Å². The van der Waals surface area contributed by atoms with Crippen LogP contribution in [0.4, 0.5) is 0 Å². The summed E-state index contributed by atoms with van der Waals surface area (Å²) in [5.41, 5.74) is 2.45. The van der Waals surface area contributed by atoms with Gasteiger partial charge in [0.15, 0.2) is 0 Å². The van der Waals surface area contributed by atoms with Crippen molar-refractivity contribution in [3.8, 4) is 0 Å². The number of allylic oxidation sites excluding steroid dienone is 5. The molecule has 0 aliphatic heterocycles. The molecule has 78 valence electrons. The summed E-state index contributed by atoms with van der Waals surface area (Å²) in [4.78, 5) is 4.39. The Bertz CT molecular complexity index is 250. The summed E-state index contributed by atoms with van der Waals surface area (Å²) in [6.07, 6.45) is 12.2. The smallest absolute Gasteiger partial charge is 0.0437 e. The quantitative estimate of drug-likeness (QED) is 0.349. The van der Waals surface area contributed by atoms with E-state index in [4.69, 9.17) is 0 Å². The van der Waals surface area contributed by atoms with E-state index in [-0.39, 0.29) is 0 Å². The van der Waals surface area contributed by atoms with Gasteiger partial charge >= 0.3 is 0 Å². The van der Waals surface area contributed by atoms with E-state index < -0.39 is 0 Å². The van der Waals surface area contributed by atoms with Crippen LogP contribution in [0.1, 0.15) is 40.5 Å². The average Bonchev–Trinajstić information content (AvgIpc) is 2.16. The molecule has 0 N–H and O–H groups in total. The fourth-order valence-electron chi connectivity index (χ4n) is 0.888. The van der Waals surface area contributed by atoms with Crippen molar-refractivity contribution in [1.82, 2.24) is 0 Å². The standard InChI is InChI=1S/C13H21N/c1-5-7-8-13(14-11-6-2)10-9-12(3)4/h5,7-9,11H,6,10H2,1-4H3/b7-5-,13-8+,14-11-. The fraction of sp³-hybridized carbons (Fsp3) is 0.462. The summed E-state index contributed by atoms with van der Waals surface area (Å²) in [6.45, 7) is 8.32. The van der Waals surface area contributed by atoms with Gasteiger partial charge in [-0.15, -0.1) is 0 Å². The van der Waals surface area contributed by atoms with Crippen molar-refractivity contribution in [3.63, 3.8) is 0 Å². The molecule has 0 saturated heterocycles. The topological polar surface area (TPSA) is 12.4 Å². The SMILES string of the molecule is C\C=C/C=C(CC=C(C)C)/N=C\CC. The molecule has 0 radical (unpaired) electrons. The van der Waals surface area contributed by atoms with E-state index in [2.05, 4.69) is 37.9 Å². The zero-order valence-corrected chi connectivity index (χ0v) is 9.75. The minimum atomic E-state index is 0.920. The van der Waals surface area contributed by atoms with Crippen LogP contribution >= 0.6 is 0 Å². The lowest BCUT2D eigenvalue weighted by atomic mass is 10.2. The van der Waals surface area contributed by atoms with Gasteiger partial charge in [0.05, 0.1) is 0 Å². The molecule has 0 aliphatic rings. The van der Waals surface area contributed by atoms with Gasteiger partial charge in [0.2, 0.25) is 0 Å². The maximum atomic E-state index is 4.39. The lowest BCUT2D eigenvalue weighted by Gasteiger charge is -1.96. The van der Waals surface area contributed by atoms with Gasteiger partial charge in [0.25, 0.3) is 0 Å². The van der Waals surface area contributed by atoms with Crippen LogP contribution in [0.15, 0.2) is 40.6 Å². The molecule has 0 heterocycles. The summed E-state index contributed by atoms with van der Waals surface area (Å²) in [5, 5.41) is 0. The lowest BCUT2D eigenvalue weighted by Crippen LogP contribution is -1.79. The van der Waals surface area contributed by atoms with Gasteiger partial charge < -0.3 is 0 Å². The summed E-state index contributed by atoms with van der Waals surface area (Å²) in [7, 11) is 0. The summed E-state index contributed by atoms with van der Waals surface area (Å²) >= 11 is 0. The molecular weight excluding hydrogens is 170 g/mol. The Hall–Kier alpha value is -1.11. The highest BCUT2D eigenvalue weighted by atomic mass is 14.7. The Balaban J connectivity index is 4.40. The van der Waals surface area contributed by atoms with Crippen molar-refractivity contribution < 1.29 is 0 Å². The monoisotopic (exact) mass is 191 g/mol. The summed E-state index contributed by atoms with van der Waals surface area (Å²) in [5.74, 6) is 0. The van der Waals surface area contributed by atoms with Crippen LogP contribution in [0.5, 0.6) is 0 Å². The maximum Gasteiger partial charge on any atom is 0.0437 e. The van der Waals surface area contributed by atoms with E-state index in [1.165, 1.54) is 5.57 Å². The molecule has 0 aromatic carbocycles. The molecule has 0 unspecified atom stereocenters. The molecular formula is C13H21N. The molecule has 14 heavy (non-hydrogen) atoms. The van der Waals surface area contributed by atoms with Crippen LogP contribution in [0, 0.1) is 0 Å². The van der Waals surface area contributed by atoms with E-state index in [1.54, 1.807) is 0 Å². The molecule has 1 nitrogen and oxygen atoms in total. The fourth-order valence-corrected chi connectivity index (χ4v) is 0.888. The van der Waals surface area contributed by atoms with E-state index in [9.17, 15) is 0 Å². The molecule has 0 amide bonds.